The number of quaternary nitrogens is 1. The highest BCUT2D eigenvalue weighted by molar-refractivity contribution is 7.18. The van der Waals surface area contributed by atoms with Crippen LogP contribution in [0.1, 0.15) is 17.5 Å². The van der Waals surface area contributed by atoms with Crippen molar-refractivity contribution >= 4 is 27.5 Å². The lowest BCUT2D eigenvalue weighted by Crippen LogP contribution is -3.11. The van der Waals surface area contributed by atoms with Crippen LogP contribution in [0.5, 0.6) is 0 Å². The van der Waals surface area contributed by atoms with E-state index in [1.165, 1.54) is 16.8 Å². The molecule has 1 unspecified atom stereocenters. The Kier molecular flexibility index (Phi) is 5.73. The van der Waals surface area contributed by atoms with Crippen molar-refractivity contribution in [1.82, 2.24) is 10.3 Å². The summed E-state index contributed by atoms with van der Waals surface area (Å²) in [5.41, 5.74) is 1.90. The van der Waals surface area contributed by atoms with E-state index in [1.54, 1.807) is 23.5 Å². The predicted molar refractivity (Wildman–Crippen MR) is 97.9 cm³/mol. The molecule has 2 N–H and O–H groups in total. The molecule has 1 amide bonds. The molecule has 2 aromatic carbocycles. The summed E-state index contributed by atoms with van der Waals surface area (Å²) in [5.74, 6) is -0.283. The molecule has 0 bridgehead atoms. The van der Waals surface area contributed by atoms with Gasteiger partial charge in [0.25, 0.3) is 5.91 Å². The molecule has 4 nitrogen and oxygen atoms in total. The summed E-state index contributed by atoms with van der Waals surface area (Å²) in [7, 11) is 0. The third-order valence-electron chi connectivity index (χ3n) is 4.05. The number of para-hydroxylation sites is 1. The summed E-state index contributed by atoms with van der Waals surface area (Å²) in [6, 6.07) is 14.2. The van der Waals surface area contributed by atoms with E-state index in [2.05, 4.69) is 23.3 Å². The first-order chi connectivity index (χ1) is 12.1. The standard InChI is InChI=1S/C19H20FN3OS/c1-2-23(13-19-22-16-5-3-4-6-17(16)25-19)12-18(24)21-11-14-7-9-15(20)10-8-14/h3-10H,2,11-13H2,1H3,(H,21,24)/p+1. The molecule has 0 aliphatic rings. The Labute approximate surface area is 150 Å². The van der Waals surface area contributed by atoms with Crippen molar-refractivity contribution in [1.29, 1.82) is 0 Å². The van der Waals surface area contributed by atoms with Crippen molar-refractivity contribution in [3.05, 3.63) is 64.9 Å². The zero-order chi connectivity index (χ0) is 17.6. The number of hydrogen-bond donors (Lipinski definition) is 2. The first-order valence-corrected chi connectivity index (χ1v) is 9.15. The fraction of sp³-hybridized carbons (Fsp3) is 0.263. The molecular formula is C19H21FN3OS+. The largest absolute Gasteiger partial charge is 0.347 e. The van der Waals surface area contributed by atoms with Crippen molar-refractivity contribution in [2.45, 2.75) is 20.0 Å². The molecule has 0 saturated carbocycles. The molecule has 0 aliphatic heterocycles. The van der Waals surface area contributed by atoms with Crippen molar-refractivity contribution in [2.24, 2.45) is 0 Å². The average molecular weight is 358 g/mol. The second-order valence-electron chi connectivity index (χ2n) is 5.94. The number of amides is 1. The number of thiazole rings is 1. The number of benzene rings is 2. The monoisotopic (exact) mass is 358 g/mol. The molecule has 6 heteroatoms. The maximum absolute atomic E-state index is 12.9. The fourth-order valence-corrected chi connectivity index (χ4v) is 3.65. The second-order valence-corrected chi connectivity index (χ2v) is 7.05. The smallest absolute Gasteiger partial charge is 0.275 e. The van der Waals surface area contributed by atoms with Gasteiger partial charge in [0.05, 0.1) is 16.8 Å². The van der Waals surface area contributed by atoms with E-state index < -0.39 is 0 Å². The highest BCUT2D eigenvalue weighted by Gasteiger charge is 2.15. The second kappa shape index (κ2) is 8.18. The minimum atomic E-state index is -0.271. The van der Waals surface area contributed by atoms with Crippen LogP contribution >= 0.6 is 11.3 Å². The number of fused-ring (bicyclic) bond motifs is 1. The molecule has 0 spiro atoms. The molecule has 1 aromatic heterocycles. The van der Waals surface area contributed by atoms with Crippen LogP contribution in [0.25, 0.3) is 10.2 Å². The normalized spacial score (nSPS) is 12.2. The van der Waals surface area contributed by atoms with E-state index >= 15 is 0 Å². The molecule has 1 atom stereocenters. The van der Waals surface area contributed by atoms with Crippen LogP contribution in [0, 0.1) is 5.82 Å². The number of nitrogens with zero attached hydrogens (tertiary/aromatic N) is 1. The molecule has 3 aromatic rings. The lowest BCUT2D eigenvalue weighted by atomic mass is 10.2. The Bertz CT molecular complexity index is 814. The highest BCUT2D eigenvalue weighted by Crippen LogP contribution is 2.20. The van der Waals surface area contributed by atoms with Gasteiger partial charge in [0.1, 0.15) is 17.4 Å². The number of aromatic nitrogens is 1. The Balaban J connectivity index is 1.53. The van der Waals surface area contributed by atoms with Crippen LogP contribution < -0.4 is 10.2 Å². The van der Waals surface area contributed by atoms with E-state index in [9.17, 15) is 9.18 Å². The lowest BCUT2D eigenvalue weighted by Gasteiger charge is -2.16. The zero-order valence-electron chi connectivity index (χ0n) is 14.1. The van der Waals surface area contributed by atoms with Crippen molar-refractivity contribution in [2.75, 3.05) is 13.1 Å². The number of rotatable bonds is 7. The average Bonchev–Trinajstić information content (AvgIpc) is 3.03. The first kappa shape index (κ1) is 17.5. The summed E-state index contributed by atoms with van der Waals surface area (Å²) < 4.78 is 14.1. The predicted octanol–water partition coefficient (Wildman–Crippen LogP) is 2.16. The highest BCUT2D eigenvalue weighted by atomic mass is 32.1. The number of carbonyl (C=O) groups is 1. The first-order valence-electron chi connectivity index (χ1n) is 8.33. The number of halogens is 1. The van der Waals surface area contributed by atoms with E-state index in [-0.39, 0.29) is 11.7 Å². The Morgan fingerprint density at radius 2 is 1.96 bits per heavy atom. The van der Waals surface area contributed by atoms with Gasteiger partial charge in [-0.2, -0.15) is 0 Å². The van der Waals surface area contributed by atoms with E-state index in [4.69, 9.17) is 0 Å². The Hall–Kier alpha value is -2.31. The summed E-state index contributed by atoms with van der Waals surface area (Å²) >= 11 is 1.68. The van der Waals surface area contributed by atoms with Gasteiger partial charge in [0, 0.05) is 6.54 Å². The van der Waals surface area contributed by atoms with Crippen LogP contribution in [-0.2, 0) is 17.9 Å². The molecule has 1 heterocycles. The number of carbonyl (C=O) groups excluding carboxylic acids is 1. The summed E-state index contributed by atoms with van der Waals surface area (Å²) in [6.07, 6.45) is 0. The van der Waals surface area contributed by atoms with Gasteiger partial charge in [0.15, 0.2) is 6.54 Å². The third-order valence-corrected chi connectivity index (χ3v) is 5.09. The third kappa shape index (κ3) is 4.84. The number of nitrogens with one attached hydrogen (secondary N) is 2. The minimum absolute atomic E-state index is 0.0118. The molecule has 0 fully saturated rings. The Morgan fingerprint density at radius 3 is 2.68 bits per heavy atom. The molecule has 0 saturated heterocycles. The van der Waals surface area contributed by atoms with Crippen molar-refractivity contribution < 1.29 is 14.1 Å². The van der Waals surface area contributed by atoms with Crippen LogP contribution in [-0.4, -0.2) is 24.0 Å². The number of likely N-dealkylation sites (N-methyl/N-ethyl adjacent to an activating group) is 1. The Morgan fingerprint density at radius 1 is 1.20 bits per heavy atom. The topological polar surface area (TPSA) is 46.4 Å². The van der Waals surface area contributed by atoms with Gasteiger partial charge in [0.2, 0.25) is 0 Å². The summed E-state index contributed by atoms with van der Waals surface area (Å²) in [6.45, 7) is 4.46. The fourth-order valence-electron chi connectivity index (χ4n) is 2.61. The van der Waals surface area contributed by atoms with Gasteiger partial charge < -0.3 is 10.2 Å². The van der Waals surface area contributed by atoms with Crippen LogP contribution in [0.4, 0.5) is 4.39 Å². The minimum Gasteiger partial charge on any atom is -0.347 e. The van der Waals surface area contributed by atoms with Gasteiger partial charge >= 0.3 is 0 Å². The zero-order valence-corrected chi connectivity index (χ0v) is 14.9. The maximum atomic E-state index is 12.9. The van der Waals surface area contributed by atoms with Gasteiger partial charge in [-0.25, -0.2) is 9.37 Å². The van der Waals surface area contributed by atoms with E-state index in [0.717, 1.165) is 34.1 Å². The van der Waals surface area contributed by atoms with Crippen molar-refractivity contribution in [3.8, 4) is 0 Å². The molecule has 130 valence electrons. The van der Waals surface area contributed by atoms with Gasteiger partial charge in [-0.3, -0.25) is 4.79 Å². The van der Waals surface area contributed by atoms with E-state index in [0.29, 0.717) is 13.1 Å². The van der Waals surface area contributed by atoms with Gasteiger partial charge in [-0.1, -0.05) is 24.3 Å². The van der Waals surface area contributed by atoms with Gasteiger partial charge in [-0.15, -0.1) is 11.3 Å². The van der Waals surface area contributed by atoms with Gasteiger partial charge in [-0.05, 0) is 36.8 Å². The van der Waals surface area contributed by atoms with Crippen molar-refractivity contribution in [3.63, 3.8) is 0 Å². The quantitative estimate of drug-likeness (QED) is 0.680. The summed E-state index contributed by atoms with van der Waals surface area (Å²) in [5, 5.41) is 3.94. The molecular weight excluding hydrogens is 337 g/mol. The number of hydrogen-bond acceptors (Lipinski definition) is 3. The lowest BCUT2D eigenvalue weighted by molar-refractivity contribution is -0.904. The molecule has 25 heavy (non-hydrogen) atoms. The molecule has 0 radical (unpaired) electrons. The SMILES string of the molecule is CC[NH+](CC(=O)NCc1ccc(F)cc1)Cc1nc2ccccc2s1. The molecule has 0 aliphatic carbocycles. The maximum Gasteiger partial charge on any atom is 0.275 e. The van der Waals surface area contributed by atoms with Crippen LogP contribution in [0.15, 0.2) is 48.5 Å². The van der Waals surface area contributed by atoms with E-state index in [1.807, 2.05) is 18.2 Å². The summed E-state index contributed by atoms with van der Waals surface area (Å²) in [4.78, 5) is 18.0. The van der Waals surface area contributed by atoms with Crippen LogP contribution in [0.3, 0.4) is 0 Å². The van der Waals surface area contributed by atoms with Crippen LogP contribution in [0.2, 0.25) is 0 Å². The molecule has 3 rings (SSSR count).